The Morgan fingerprint density at radius 1 is 0.400 bits per heavy atom. The van der Waals surface area contributed by atoms with E-state index >= 15 is 0 Å². The van der Waals surface area contributed by atoms with Crippen LogP contribution in [-0.4, -0.2) is 94.0 Å². The van der Waals surface area contributed by atoms with Gasteiger partial charge < -0.3 is 44.4 Å². The van der Waals surface area contributed by atoms with Crippen molar-refractivity contribution in [3.05, 3.63) is 25.3 Å². The highest BCUT2D eigenvalue weighted by atomic mass is 16.6. The molecule has 0 unspecified atom stereocenters. The molecule has 4 saturated carbocycles. The number of hydrogen-bond donors (Lipinski definition) is 3. The van der Waals surface area contributed by atoms with Crippen LogP contribution in [0.5, 0.6) is 0 Å². The zero-order valence-electron chi connectivity index (χ0n) is 35.7. The van der Waals surface area contributed by atoms with E-state index in [0.29, 0.717) is 62.1 Å². The molecule has 15 heteroatoms. The fraction of sp³-hybridized carbons (Fsp3) is 0.778. The summed E-state index contributed by atoms with van der Waals surface area (Å²) < 4.78 is 30.8. The number of esters is 3. The molecule has 0 spiro atoms. The van der Waals surface area contributed by atoms with Crippen molar-refractivity contribution >= 4 is 36.2 Å². The maximum absolute atomic E-state index is 12.5. The number of nitrogens with one attached hydrogen (secondary N) is 3. The topological polar surface area (TPSA) is 194 Å². The van der Waals surface area contributed by atoms with Gasteiger partial charge in [-0.05, 0) is 145 Å². The largest absolute Gasteiger partial charge is 0.466 e. The molecule has 0 radical (unpaired) electrons. The summed E-state index contributed by atoms with van der Waals surface area (Å²) in [4.78, 5) is 71.1. The molecule has 4 aliphatic carbocycles. The molecule has 0 aromatic rings. The summed E-state index contributed by atoms with van der Waals surface area (Å²) in [6.45, 7) is 7.32. The normalized spacial score (nSPS) is 26.5. The predicted molar refractivity (Wildman–Crippen MR) is 222 cm³/mol. The van der Waals surface area contributed by atoms with Crippen LogP contribution in [0.25, 0.3) is 0 Å². The van der Waals surface area contributed by atoms with Gasteiger partial charge in [0.25, 0.3) is 0 Å². The van der Waals surface area contributed by atoms with Crippen LogP contribution >= 0.6 is 0 Å². The van der Waals surface area contributed by atoms with Gasteiger partial charge in [0.15, 0.2) is 0 Å². The van der Waals surface area contributed by atoms with E-state index in [1.807, 2.05) is 0 Å². The van der Waals surface area contributed by atoms with Gasteiger partial charge in [-0.15, -0.1) is 0 Å². The van der Waals surface area contributed by atoms with E-state index < -0.39 is 24.1 Å². The minimum atomic E-state index is -0.543. The third-order valence-electron chi connectivity index (χ3n) is 12.8. The van der Waals surface area contributed by atoms with Crippen LogP contribution in [0.15, 0.2) is 25.3 Å². The maximum atomic E-state index is 12.5. The molecule has 0 saturated heterocycles. The molecule has 0 atom stereocenters. The van der Waals surface area contributed by atoms with E-state index in [4.69, 9.17) is 28.4 Å². The standard InChI is InChI=1S/C45H71N3O12/c1-3-40(49)56-25-27-59-44(53)47-38-19-11-33(12-20-38)29-32-7-9-36(10-8-32)31-42(51)55-23-5-6-24-58-43(52)46-37-17-13-34(14-18-37)30-35-15-21-39(22-16-35)48-45(54)60-28-26-57-41(50)4-2/h3-4,32-39H,1-2,5-31H2,(H,46,52)(H,47,53)(H,48,54). The molecule has 4 aliphatic rings. The number of carbonyl (C=O) groups excluding carboxylic acids is 6. The van der Waals surface area contributed by atoms with Crippen molar-refractivity contribution in [3.8, 4) is 0 Å². The van der Waals surface area contributed by atoms with Gasteiger partial charge in [0.05, 0.1) is 13.2 Å². The molecule has 4 fully saturated rings. The van der Waals surface area contributed by atoms with Crippen molar-refractivity contribution in [2.75, 3.05) is 39.6 Å². The lowest BCUT2D eigenvalue weighted by molar-refractivity contribution is -0.145. The summed E-state index contributed by atoms with van der Waals surface area (Å²) in [5.74, 6) is 1.80. The molecule has 15 nitrogen and oxygen atoms in total. The fourth-order valence-electron chi connectivity index (χ4n) is 9.39. The molecule has 3 N–H and O–H groups in total. The molecule has 0 bridgehead atoms. The van der Waals surface area contributed by atoms with Gasteiger partial charge in [0.1, 0.15) is 26.4 Å². The van der Waals surface area contributed by atoms with Crippen molar-refractivity contribution < 1.29 is 57.2 Å². The Bertz CT molecular complexity index is 1260. The highest BCUT2D eigenvalue weighted by molar-refractivity contribution is 5.81. The maximum Gasteiger partial charge on any atom is 0.407 e. The first-order valence-corrected chi connectivity index (χ1v) is 22.6. The zero-order chi connectivity index (χ0) is 43.0. The monoisotopic (exact) mass is 846 g/mol. The van der Waals surface area contributed by atoms with Crippen LogP contribution in [0.1, 0.15) is 135 Å². The predicted octanol–water partition coefficient (Wildman–Crippen LogP) is 7.60. The van der Waals surface area contributed by atoms with Gasteiger partial charge in [-0.2, -0.15) is 0 Å². The molecule has 338 valence electrons. The summed E-state index contributed by atoms with van der Waals surface area (Å²) >= 11 is 0. The molecule has 4 rings (SSSR count). The number of ether oxygens (including phenoxy) is 6. The zero-order valence-corrected chi connectivity index (χ0v) is 35.7. The third-order valence-corrected chi connectivity index (χ3v) is 12.8. The first-order valence-electron chi connectivity index (χ1n) is 22.6. The lowest BCUT2D eigenvalue weighted by Gasteiger charge is -2.34. The number of unbranched alkanes of at least 4 members (excludes halogenated alkanes) is 1. The Morgan fingerprint density at radius 2 is 0.700 bits per heavy atom. The van der Waals surface area contributed by atoms with Crippen molar-refractivity contribution in [1.82, 2.24) is 16.0 Å². The molecule has 3 amide bonds. The van der Waals surface area contributed by atoms with Gasteiger partial charge in [-0.25, -0.2) is 24.0 Å². The number of alkyl carbamates (subject to hydrolysis) is 3. The van der Waals surface area contributed by atoms with Crippen LogP contribution in [0, 0.1) is 29.6 Å². The van der Waals surface area contributed by atoms with Crippen LogP contribution in [0.2, 0.25) is 0 Å². The van der Waals surface area contributed by atoms with Crippen molar-refractivity contribution in [2.45, 2.75) is 153 Å². The smallest absolute Gasteiger partial charge is 0.407 e. The van der Waals surface area contributed by atoms with E-state index in [1.54, 1.807) is 0 Å². The quantitative estimate of drug-likeness (QED) is 0.0419. The Morgan fingerprint density at radius 3 is 1.07 bits per heavy atom. The second kappa shape index (κ2) is 27.5. The van der Waals surface area contributed by atoms with Gasteiger partial charge in [-0.1, -0.05) is 26.0 Å². The summed E-state index contributed by atoms with van der Waals surface area (Å²) in [5.41, 5.74) is 0. The molecule has 0 aromatic carbocycles. The fourth-order valence-corrected chi connectivity index (χ4v) is 9.39. The van der Waals surface area contributed by atoms with E-state index in [-0.39, 0.29) is 56.6 Å². The van der Waals surface area contributed by atoms with E-state index in [0.717, 1.165) is 115 Å². The summed E-state index contributed by atoms with van der Waals surface area (Å²) in [6, 6.07) is 0.345. The number of hydrogen-bond acceptors (Lipinski definition) is 12. The third kappa shape index (κ3) is 19.8. The summed E-state index contributed by atoms with van der Waals surface area (Å²) in [7, 11) is 0. The molecule has 0 heterocycles. The van der Waals surface area contributed by atoms with E-state index in [2.05, 4.69) is 29.1 Å². The molecule has 60 heavy (non-hydrogen) atoms. The lowest BCUT2D eigenvalue weighted by atomic mass is 9.74. The van der Waals surface area contributed by atoms with Gasteiger partial charge in [-0.3, -0.25) is 4.79 Å². The number of carbonyl (C=O) groups is 6. The summed E-state index contributed by atoms with van der Waals surface area (Å²) in [6.07, 6.45) is 21.4. The average Bonchev–Trinajstić information content (AvgIpc) is 3.25. The van der Waals surface area contributed by atoms with E-state index in [1.165, 1.54) is 12.8 Å². The van der Waals surface area contributed by atoms with Crippen LogP contribution < -0.4 is 16.0 Å². The molecular formula is C45H71N3O12. The van der Waals surface area contributed by atoms with Crippen LogP contribution in [0.3, 0.4) is 0 Å². The molecular weight excluding hydrogens is 775 g/mol. The lowest BCUT2D eigenvalue weighted by Crippen LogP contribution is -2.39. The highest BCUT2D eigenvalue weighted by Gasteiger charge is 2.30. The Kier molecular flexibility index (Phi) is 22.2. The van der Waals surface area contributed by atoms with Gasteiger partial charge >= 0.3 is 36.2 Å². The molecule has 0 aromatic heterocycles. The molecule has 0 aliphatic heterocycles. The minimum absolute atomic E-state index is 0.00591. The van der Waals surface area contributed by atoms with Gasteiger partial charge in [0.2, 0.25) is 0 Å². The average molecular weight is 846 g/mol. The van der Waals surface area contributed by atoms with Crippen molar-refractivity contribution in [1.29, 1.82) is 0 Å². The van der Waals surface area contributed by atoms with Crippen molar-refractivity contribution in [2.24, 2.45) is 29.6 Å². The Hall–Kier alpha value is -4.30. The SMILES string of the molecule is C=CC(=O)OCCOC(=O)NC1CCC(CC2CCC(CC(=O)OCCCCOC(=O)NC3CCC(CC4CCC(NC(=O)OCCOC(=O)C=C)CC4)CC3)CC2)CC1. The second-order valence-electron chi connectivity index (χ2n) is 17.2. The van der Waals surface area contributed by atoms with Gasteiger partial charge in [0, 0.05) is 36.7 Å². The summed E-state index contributed by atoms with van der Waals surface area (Å²) in [5, 5.41) is 8.88. The second-order valence-corrected chi connectivity index (χ2v) is 17.2. The Labute approximate surface area is 356 Å². The Balaban J connectivity index is 0.924. The highest BCUT2D eigenvalue weighted by Crippen LogP contribution is 2.38. The van der Waals surface area contributed by atoms with Crippen LogP contribution in [-0.2, 0) is 42.8 Å². The van der Waals surface area contributed by atoms with Crippen molar-refractivity contribution in [3.63, 3.8) is 0 Å². The van der Waals surface area contributed by atoms with Crippen LogP contribution in [0.4, 0.5) is 14.4 Å². The minimum Gasteiger partial charge on any atom is -0.466 e. The number of rotatable bonds is 22. The first-order chi connectivity index (χ1) is 29.1. The number of amides is 3. The van der Waals surface area contributed by atoms with E-state index in [9.17, 15) is 28.8 Å². The first kappa shape index (κ1) is 48.4.